The summed E-state index contributed by atoms with van der Waals surface area (Å²) in [5.41, 5.74) is 2.49. The van der Waals surface area contributed by atoms with Gasteiger partial charge in [0.1, 0.15) is 0 Å². The summed E-state index contributed by atoms with van der Waals surface area (Å²) >= 11 is 7.43. The zero-order valence-corrected chi connectivity index (χ0v) is 18.1. The molecule has 0 saturated carbocycles. The van der Waals surface area contributed by atoms with Gasteiger partial charge in [0.15, 0.2) is 5.76 Å². The number of benzene rings is 1. The molecule has 1 amide bonds. The van der Waals surface area contributed by atoms with Crippen molar-refractivity contribution in [2.45, 2.75) is 26.8 Å². The highest BCUT2D eigenvalue weighted by Gasteiger charge is 2.45. The van der Waals surface area contributed by atoms with Gasteiger partial charge in [-0.2, -0.15) is 0 Å². The number of pyridine rings is 1. The van der Waals surface area contributed by atoms with E-state index in [1.807, 2.05) is 13.8 Å². The number of anilines is 1. The lowest BCUT2D eigenvalue weighted by Gasteiger charge is -2.28. The maximum absolute atomic E-state index is 13.5. The molecule has 0 aliphatic carbocycles. The van der Waals surface area contributed by atoms with Crippen molar-refractivity contribution >= 4 is 40.3 Å². The summed E-state index contributed by atoms with van der Waals surface area (Å²) < 4.78 is 0. The second-order valence-corrected chi connectivity index (χ2v) is 8.67. The largest absolute Gasteiger partial charge is 0.503 e. The first-order valence-electron chi connectivity index (χ1n) is 9.21. The quantitative estimate of drug-likeness (QED) is 0.584. The molecule has 4 rings (SSSR count). The molecule has 1 aliphatic heterocycles. The molecule has 3 heterocycles. The van der Waals surface area contributed by atoms with Crippen LogP contribution in [0.1, 0.15) is 37.5 Å². The number of carbonyl (C=O) groups excluding carboxylic acids is 2. The molecule has 30 heavy (non-hydrogen) atoms. The fourth-order valence-electron chi connectivity index (χ4n) is 3.65. The maximum Gasteiger partial charge on any atom is 0.294 e. The van der Waals surface area contributed by atoms with Crippen LogP contribution in [0.2, 0.25) is 5.02 Å². The van der Waals surface area contributed by atoms with Crippen LogP contribution in [-0.4, -0.2) is 26.8 Å². The molecule has 1 atom stereocenters. The molecule has 6 nitrogen and oxygen atoms in total. The lowest BCUT2D eigenvalue weighted by Crippen LogP contribution is -2.31. The van der Waals surface area contributed by atoms with E-state index >= 15 is 0 Å². The van der Waals surface area contributed by atoms with Gasteiger partial charge in [-0.05, 0) is 50.1 Å². The van der Waals surface area contributed by atoms with Gasteiger partial charge in [-0.15, -0.1) is 11.3 Å². The number of hydrogen-bond donors (Lipinski definition) is 1. The first-order chi connectivity index (χ1) is 14.3. The Kier molecular flexibility index (Phi) is 5.17. The van der Waals surface area contributed by atoms with Gasteiger partial charge in [-0.1, -0.05) is 23.7 Å². The third kappa shape index (κ3) is 3.30. The van der Waals surface area contributed by atoms with E-state index in [0.29, 0.717) is 26.8 Å². The normalized spacial score (nSPS) is 16.5. The first-order valence-corrected chi connectivity index (χ1v) is 10.4. The van der Waals surface area contributed by atoms with Crippen LogP contribution in [0.4, 0.5) is 5.69 Å². The van der Waals surface area contributed by atoms with Crippen molar-refractivity contribution in [3.8, 4) is 0 Å². The van der Waals surface area contributed by atoms with E-state index < -0.39 is 23.5 Å². The second kappa shape index (κ2) is 7.66. The van der Waals surface area contributed by atoms with Gasteiger partial charge >= 0.3 is 0 Å². The van der Waals surface area contributed by atoms with Crippen LogP contribution in [0.3, 0.4) is 0 Å². The molecule has 0 bridgehead atoms. The number of nitrogens with zero attached hydrogens (tertiary/aromatic N) is 3. The molecular formula is C22H18ClN3O3S. The van der Waals surface area contributed by atoms with Gasteiger partial charge in [0.05, 0.1) is 27.2 Å². The average Bonchev–Trinajstić information content (AvgIpc) is 3.20. The van der Waals surface area contributed by atoms with E-state index in [0.717, 1.165) is 10.6 Å². The standard InChI is InChI=1S/C22H18ClN3O3S/c1-11-6-7-15(23)9-16(11)26-18(14-5-4-8-24-10-14)17(20(28)22(26)29)19(27)21-12(2)25-13(3)30-21/h4-10,18,28H,1-3H3. The highest BCUT2D eigenvalue weighted by molar-refractivity contribution is 7.14. The van der Waals surface area contributed by atoms with E-state index in [2.05, 4.69) is 9.97 Å². The van der Waals surface area contributed by atoms with Crippen molar-refractivity contribution in [1.82, 2.24) is 9.97 Å². The smallest absolute Gasteiger partial charge is 0.294 e. The van der Waals surface area contributed by atoms with E-state index in [-0.39, 0.29) is 5.57 Å². The van der Waals surface area contributed by atoms with Gasteiger partial charge in [-0.25, -0.2) is 4.98 Å². The predicted octanol–water partition coefficient (Wildman–Crippen LogP) is 4.90. The van der Waals surface area contributed by atoms with Crippen molar-refractivity contribution in [2.75, 3.05) is 4.90 Å². The fourth-order valence-corrected chi connectivity index (χ4v) is 4.69. The first kappa shape index (κ1) is 20.3. The van der Waals surface area contributed by atoms with Crippen LogP contribution >= 0.6 is 22.9 Å². The van der Waals surface area contributed by atoms with E-state index in [9.17, 15) is 14.7 Å². The summed E-state index contributed by atoms with van der Waals surface area (Å²) in [5.74, 6) is -1.64. The van der Waals surface area contributed by atoms with Crippen molar-refractivity contribution in [3.63, 3.8) is 0 Å². The van der Waals surface area contributed by atoms with Crippen LogP contribution in [0.15, 0.2) is 54.1 Å². The topological polar surface area (TPSA) is 83.4 Å². The SMILES string of the molecule is Cc1nc(C)c(C(=O)C2=C(O)C(=O)N(c3cc(Cl)ccc3C)C2c2cccnc2)s1. The van der Waals surface area contributed by atoms with Crippen LogP contribution in [0.5, 0.6) is 0 Å². The van der Waals surface area contributed by atoms with Crippen molar-refractivity contribution in [3.05, 3.63) is 85.8 Å². The molecule has 0 saturated heterocycles. The number of aromatic nitrogens is 2. The summed E-state index contributed by atoms with van der Waals surface area (Å²) in [6, 6.07) is 7.83. The zero-order chi connectivity index (χ0) is 21.6. The minimum Gasteiger partial charge on any atom is -0.503 e. The lowest BCUT2D eigenvalue weighted by molar-refractivity contribution is -0.117. The Morgan fingerprint density at radius 2 is 2.00 bits per heavy atom. The van der Waals surface area contributed by atoms with E-state index in [4.69, 9.17) is 11.6 Å². The molecule has 1 unspecified atom stereocenters. The predicted molar refractivity (Wildman–Crippen MR) is 116 cm³/mol. The highest BCUT2D eigenvalue weighted by Crippen LogP contribution is 2.43. The summed E-state index contributed by atoms with van der Waals surface area (Å²) in [5, 5.41) is 12.0. The third-order valence-corrected chi connectivity index (χ3v) is 6.30. The number of carbonyl (C=O) groups is 2. The number of amides is 1. The number of halogens is 1. The Labute approximate surface area is 182 Å². The summed E-state index contributed by atoms with van der Waals surface area (Å²) in [4.78, 5) is 36.9. The molecule has 0 radical (unpaired) electrons. The number of aliphatic hydroxyl groups is 1. The number of rotatable bonds is 4. The van der Waals surface area contributed by atoms with Gasteiger partial charge < -0.3 is 5.11 Å². The molecular weight excluding hydrogens is 422 g/mol. The molecule has 1 aliphatic rings. The van der Waals surface area contributed by atoms with Crippen LogP contribution in [0, 0.1) is 20.8 Å². The fraction of sp³-hybridized carbons (Fsp3) is 0.182. The Balaban J connectivity index is 1.92. The molecule has 1 N–H and O–H groups in total. The Hall–Kier alpha value is -3.03. The Morgan fingerprint density at radius 3 is 2.63 bits per heavy atom. The third-order valence-electron chi connectivity index (χ3n) is 4.99. The molecule has 8 heteroatoms. The highest BCUT2D eigenvalue weighted by atomic mass is 35.5. The summed E-state index contributed by atoms with van der Waals surface area (Å²) in [6.07, 6.45) is 3.19. The van der Waals surface area contributed by atoms with Gasteiger partial charge in [0.25, 0.3) is 5.91 Å². The Bertz CT molecular complexity index is 1200. The molecule has 3 aromatic rings. The van der Waals surface area contributed by atoms with Crippen LogP contribution < -0.4 is 4.90 Å². The van der Waals surface area contributed by atoms with Crippen molar-refractivity contribution < 1.29 is 14.7 Å². The van der Waals surface area contributed by atoms with E-state index in [1.54, 1.807) is 49.6 Å². The number of aliphatic hydroxyl groups excluding tert-OH is 1. The molecule has 0 spiro atoms. The lowest BCUT2D eigenvalue weighted by atomic mass is 9.95. The zero-order valence-electron chi connectivity index (χ0n) is 16.5. The summed E-state index contributed by atoms with van der Waals surface area (Å²) in [7, 11) is 0. The monoisotopic (exact) mass is 439 g/mol. The second-order valence-electron chi connectivity index (χ2n) is 7.03. The molecule has 2 aromatic heterocycles. The van der Waals surface area contributed by atoms with Gasteiger partial charge in [0, 0.05) is 23.1 Å². The minimum absolute atomic E-state index is 0.0131. The number of thiazole rings is 1. The van der Waals surface area contributed by atoms with Gasteiger partial charge in [0.2, 0.25) is 5.78 Å². The maximum atomic E-state index is 13.5. The number of ketones is 1. The minimum atomic E-state index is -0.835. The van der Waals surface area contributed by atoms with Crippen LogP contribution in [-0.2, 0) is 4.79 Å². The average molecular weight is 440 g/mol. The molecule has 152 valence electrons. The summed E-state index contributed by atoms with van der Waals surface area (Å²) in [6.45, 7) is 5.39. The molecule has 0 fully saturated rings. The number of Topliss-reactive ketones (excluding diaryl/α,β-unsaturated/α-hetero) is 1. The Morgan fingerprint density at radius 1 is 1.23 bits per heavy atom. The van der Waals surface area contributed by atoms with E-state index in [1.165, 1.54) is 16.2 Å². The van der Waals surface area contributed by atoms with Crippen molar-refractivity contribution in [2.24, 2.45) is 0 Å². The van der Waals surface area contributed by atoms with Crippen molar-refractivity contribution in [1.29, 1.82) is 0 Å². The number of hydrogen-bond acceptors (Lipinski definition) is 6. The van der Waals surface area contributed by atoms with Gasteiger partial charge in [-0.3, -0.25) is 19.5 Å². The molecule has 1 aromatic carbocycles. The van der Waals surface area contributed by atoms with Crippen LogP contribution in [0.25, 0.3) is 0 Å². The number of aryl methyl sites for hydroxylation is 3.